The predicted molar refractivity (Wildman–Crippen MR) is 93.7 cm³/mol. The lowest BCUT2D eigenvalue weighted by Gasteiger charge is -2.32. The van der Waals surface area contributed by atoms with E-state index in [9.17, 15) is 9.59 Å². The molecule has 2 heterocycles. The molecule has 2 saturated heterocycles. The predicted octanol–water partition coefficient (Wildman–Crippen LogP) is 1.04. The summed E-state index contributed by atoms with van der Waals surface area (Å²) >= 11 is 0. The summed E-state index contributed by atoms with van der Waals surface area (Å²) in [6, 6.07) is 8.00. The first-order valence-electron chi connectivity index (χ1n) is 8.78. The van der Waals surface area contributed by atoms with Crippen LogP contribution in [0.3, 0.4) is 0 Å². The van der Waals surface area contributed by atoms with Crippen LogP contribution in [0, 0.1) is 0 Å². The summed E-state index contributed by atoms with van der Waals surface area (Å²) in [4.78, 5) is 25.5. The Labute approximate surface area is 142 Å². The van der Waals surface area contributed by atoms with Crippen molar-refractivity contribution in [1.29, 1.82) is 0 Å². The Hall–Kier alpha value is -1.92. The van der Waals surface area contributed by atoms with Crippen LogP contribution in [0.25, 0.3) is 0 Å². The fourth-order valence-corrected chi connectivity index (χ4v) is 3.59. The number of carbonyl (C=O) groups excluding carboxylic acids is 2. The molecular formula is C18H26N4O2. The molecule has 1 unspecified atom stereocenters. The molecule has 1 aromatic carbocycles. The molecule has 0 radical (unpaired) electrons. The van der Waals surface area contributed by atoms with Crippen LogP contribution in [0.15, 0.2) is 24.3 Å². The lowest BCUT2D eigenvalue weighted by Crippen LogP contribution is -2.47. The number of likely N-dealkylation sites (tertiary alicyclic amines) is 1. The third-order valence-corrected chi connectivity index (χ3v) is 4.97. The number of nitrogens with two attached hydrogens (primary N) is 1. The lowest BCUT2D eigenvalue weighted by atomic mass is 9.89. The highest BCUT2D eigenvalue weighted by Gasteiger charge is 2.26. The van der Waals surface area contributed by atoms with Crippen molar-refractivity contribution in [2.75, 3.05) is 31.5 Å². The number of nitrogens with one attached hydrogen (secondary N) is 2. The number of hydrogen-bond donors (Lipinski definition) is 3. The number of piperidine rings is 2. The minimum absolute atomic E-state index is 0.184. The average molecular weight is 330 g/mol. The molecule has 3 rings (SSSR count). The molecule has 0 spiro atoms. The highest BCUT2D eigenvalue weighted by molar-refractivity contribution is 6.01. The average Bonchev–Trinajstić information content (AvgIpc) is 2.59. The first-order valence-corrected chi connectivity index (χ1v) is 8.78. The largest absolute Gasteiger partial charge is 0.374 e. The molecule has 130 valence electrons. The van der Waals surface area contributed by atoms with Crippen LogP contribution in [-0.2, 0) is 9.59 Å². The number of nitrogens with zero attached hydrogens (tertiary/aromatic N) is 1. The maximum atomic E-state index is 11.9. The topological polar surface area (TPSA) is 87.5 Å². The second-order valence-electron chi connectivity index (χ2n) is 6.68. The van der Waals surface area contributed by atoms with Crippen molar-refractivity contribution in [2.45, 2.75) is 37.6 Å². The fraction of sp³-hybridized carbons (Fsp3) is 0.556. The summed E-state index contributed by atoms with van der Waals surface area (Å²) < 4.78 is 0. The maximum Gasteiger partial charge on any atom is 0.249 e. The van der Waals surface area contributed by atoms with Crippen molar-refractivity contribution in [1.82, 2.24) is 10.2 Å². The monoisotopic (exact) mass is 330 g/mol. The molecule has 6 heteroatoms. The van der Waals surface area contributed by atoms with Gasteiger partial charge in [-0.3, -0.25) is 14.9 Å². The summed E-state index contributed by atoms with van der Waals surface area (Å²) in [6.45, 7) is 3.87. The lowest BCUT2D eigenvalue weighted by molar-refractivity contribution is -0.133. The Morgan fingerprint density at radius 3 is 2.71 bits per heavy atom. The second-order valence-corrected chi connectivity index (χ2v) is 6.68. The molecule has 24 heavy (non-hydrogen) atoms. The van der Waals surface area contributed by atoms with Crippen LogP contribution in [0.5, 0.6) is 0 Å². The van der Waals surface area contributed by atoms with Crippen molar-refractivity contribution in [2.24, 2.45) is 5.73 Å². The van der Waals surface area contributed by atoms with Crippen molar-refractivity contribution >= 4 is 17.5 Å². The highest BCUT2D eigenvalue weighted by atomic mass is 16.2. The number of anilines is 1. The molecule has 2 fully saturated rings. The van der Waals surface area contributed by atoms with Gasteiger partial charge in [0.25, 0.3) is 0 Å². The number of amides is 2. The quantitative estimate of drug-likeness (QED) is 0.702. The normalized spacial score (nSPS) is 23.1. The van der Waals surface area contributed by atoms with E-state index in [-0.39, 0.29) is 17.9 Å². The van der Waals surface area contributed by atoms with Gasteiger partial charge in [0.15, 0.2) is 0 Å². The van der Waals surface area contributed by atoms with Crippen LogP contribution < -0.4 is 16.4 Å². The van der Waals surface area contributed by atoms with E-state index in [1.54, 1.807) is 0 Å². The zero-order valence-corrected chi connectivity index (χ0v) is 14.0. The summed E-state index contributed by atoms with van der Waals surface area (Å²) in [5.41, 5.74) is 7.90. The van der Waals surface area contributed by atoms with Gasteiger partial charge in [0.1, 0.15) is 6.04 Å². The Bertz CT molecular complexity index is 596. The number of carbonyl (C=O) groups is 2. The molecule has 2 aliphatic heterocycles. The van der Waals surface area contributed by atoms with Gasteiger partial charge >= 0.3 is 0 Å². The Balaban J connectivity index is 1.60. The molecular weight excluding hydrogens is 304 g/mol. The van der Waals surface area contributed by atoms with E-state index in [2.05, 4.69) is 27.7 Å². The van der Waals surface area contributed by atoms with Crippen LogP contribution in [0.2, 0.25) is 0 Å². The fourth-order valence-electron chi connectivity index (χ4n) is 3.59. The maximum absolute atomic E-state index is 11.9. The zero-order chi connectivity index (χ0) is 16.9. The van der Waals surface area contributed by atoms with Crippen LogP contribution >= 0.6 is 0 Å². The SMILES string of the molecule is NCCN1CCC(c2cccc(NC3CCC(=O)NC3=O)c2)CC1. The van der Waals surface area contributed by atoms with Gasteiger partial charge in [-0.1, -0.05) is 12.1 Å². The number of rotatable bonds is 5. The second kappa shape index (κ2) is 7.77. The van der Waals surface area contributed by atoms with Crippen molar-refractivity contribution in [3.63, 3.8) is 0 Å². The van der Waals surface area contributed by atoms with Gasteiger partial charge in [-0.2, -0.15) is 0 Å². The molecule has 1 atom stereocenters. The van der Waals surface area contributed by atoms with Gasteiger partial charge in [-0.25, -0.2) is 0 Å². The Morgan fingerprint density at radius 1 is 1.21 bits per heavy atom. The molecule has 0 saturated carbocycles. The Morgan fingerprint density at radius 2 is 2.00 bits per heavy atom. The molecule has 0 aromatic heterocycles. The van der Waals surface area contributed by atoms with Crippen LogP contribution in [-0.4, -0.2) is 48.9 Å². The van der Waals surface area contributed by atoms with Crippen LogP contribution in [0.1, 0.15) is 37.2 Å². The van der Waals surface area contributed by atoms with Gasteiger partial charge in [-0.05, 0) is 56.0 Å². The third kappa shape index (κ3) is 4.13. The van der Waals surface area contributed by atoms with Gasteiger partial charge in [0.05, 0.1) is 0 Å². The van der Waals surface area contributed by atoms with Crippen LogP contribution in [0.4, 0.5) is 5.69 Å². The molecule has 2 amide bonds. The molecule has 4 N–H and O–H groups in total. The molecule has 2 aliphatic rings. The number of benzene rings is 1. The highest BCUT2D eigenvalue weighted by Crippen LogP contribution is 2.29. The van der Waals surface area contributed by atoms with Crippen molar-refractivity contribution in [3.8, 4) is 0 Å². The summed E-state index contributed by atoms with van der Waals surface area (Å²) in [6.07, 6.45) is 3.22. The van der Waals surface area contributed by atoms with E-state index in [4.69, 9.17) is 5.73 Å². The van der Waals surface area contributed by atoms with E-state index >= 15 is 0 Å². The van der Waals surface area contributed by atoms with E-state index in [1.165, 1.54) is 5.56 Å². The minimum Gasteiger partial charge on any atom is -0.374 e. The smallest absolute Gasteiger partial charge is 0.249 e. The minimum atomic E-state index is -0.329. The summed E-state index contributed by atoms with van der Waals surface area (Å²) in [5, 5.41) is 5.66. The first kappa shape index (κ1) is 16.9. The van der Waals surface area contributed by atoms with Gasteiger partial charge in [0.2, 0.25) is 11.8 Å². The van der Waals surface area contributed by atoms with Gasteiger partial charge < -0.3 is 16.0 Å². The number of imide groups is 1. The standard InChI is InChI=1S/C18H26N4O2/c19-8-11-22-9-6-13(7-10-22)14-2-1-3-15(12-14)20-16-4-5-17(23)21-18(16)24/h1-3,12-13,16,20H,4-11,19H2,(H,21,23,24). The zero-order valence-electron chi connectivity index (χ0n) is 14.0. The first-order chi connectivity index (χ1) is 11.7. The van der Waals surface area contributed by atoms with Gasteiger partial charge in [-0.15, -0.1) is 0 Å². The van der Waals surface area contributed by atoms with Crippen molar-refractivity contribution < 1.29 is 9.59 Å². The van der Waals surface area contributed by atoms with Gasteiger partial charge in [0, 0.05) is 25.2 Å². The molecule has 1 aromatic rings. The van der Waals surface area contributed by atoms with E-state index in [0.29, 0.717) is 18.8 Å². The van der Waals surface area contributed by atoms with E-state index < -0.39 is 0 Å². The summed E-state index contributed by atoms with van der Waals surface area (Å²) in [7, 11) is 0. The Kier molecular flexibility index (Phi) is 5.48. The molecule has 6 nitrogen and oxygen atoms in total. The molecule has 0 bridgehead atoms. The number of hydrogen-bond acceptors (Lipinski definition) is 5. The van der Waals surface area contributed by atoms with Crippen molar-refractivity contribution in [3.05, 3.63) is 29.8 Å². The van der Waals surface area contributed by atoms with E-state index in [0.717, 1.165) is 44.7 Å². The van der Waals surface area contributed by atoms with E-state index in [1.807, 2.05) is 12.1 Å². The molecule has 0 aliphatic carbocycles. The summed E-state index contributed by atoms with van der Waals surface area (Å²) in [5.74, 6) is 0.144. The third-order valence-electron chi connectivity index (χ3n) is 4.97.